The van der Waals surface area contributed by atoms with Gasteiger partial charge in [-0.05, 0) is 45.5 Å². The summed E-state index contributed by atoms with van der Waals surface area (Å²) in [6.45, 7) is 6.47. The lowest BCUT2D eigenvalue weighted by Crippen LogP contribution is -2.28. The molecule has 0 spiro atoms. The van der Waals surface area contributed by atoms with Gasteiger partial charge in [0.2, 0.25) is 0 Å². The second-order valence-electron chi connectivity index (χ2n) is 5.16. The fourth-order valence-electron chi connectivity index (χ4n) is 1.58. The number of hydrogen-bond donors (Lipinski definition) is 1. The van der Waals surface area contributed by atoms with E-state index in [0.29, 0.717) is 6.61 Å². The van der Waals surface area contributed by atoms with E-state index in [0.717, 1.165) is 5.56 Å². The highest BCUT2D eigenvalue weighted by Gasteiger charge is 2.17. The smallest absolute Gasteiger partial charge is 0.165 e. The molecule has 0 radical (unpaired) electrons. The third-order valence-corrected chi connectivity index (χ3v) is 2.61. The Bertz CT molecular complexity index is 388. The quantitative estimate of drug-likeness (QED) is 0.877. The molecule has 0 aliphatic heterocycles. The number of nitrogens with one attached hydrogen (secondary N) is 1. The first-order chi connectivity index (χ1) is 8.37. The van der Waals surface area contributed by atoms with Crippen molar-refractivity contribution in [2.24, 2.45) is 0 Å². The number of likely N-dealkylation sites (N-methyl/N-ethyl adjacent to an activating group) is 1. The summed E-state index contributed by atoms with van der Waals surface area (Å²) in [7, 11) is 3.29. The lowest BCUT2D eigenvalue weighted by atomic mass is 10.1. The Morgan fingerprint density at radius 2 is 2.00 bits per heavy atom. The molecule has 3 nitrogen and oxygen atoms in total. The van der Waals surface area contributed by atoms with E-state index >= 15 is 0 Å². The Labute approximate surface area is 108 Å². The van der Waals surface area contributed by atoms with E-state index in [9.17, 15) is 4.39 Å². The first kappa shape index (κ1) is 14.9. The summed E-state index contributed by atoms with van der Waals surface area (Å²) in [5.74, 6) is -0.101. The van der Waals surface area contributed by atoms with Crippen LogP contribution in [0.3, 0.4) is 0 Å². The summed E-state index contributed by atoms with van der Waals surface area (Å²) in [5, 5.41) is 3.12. The average Bonchev–Trinajstić information content (AvgIpc) is 2.28. The first-order valence-electron chi connectivity index (χ1n) is 6.02. The van der Waals surface area contributed by atoms with Gasteiger partial charge in [-0.2, -0.15) is 0 Å². The van der Waals surface area contributed by atoms with Gasteiger partial charge in [0.05, 0.1) is 25.4 Å². The third kappa shape index (κ3) is 4.27. The van der Waals surface area contributed by atoms with Crippen LogP contribution in [0, 0.1) is 5.82 Å². The van der Waals surface area contributed by atoms with Crippen molar-refractivity contribution in [1.29, 1.82) is 0 Å². The molecule has 0 aliphatic carbocycles. The highest BCUT2D eigenvalue weighted by Crippen LogP contribution is 2.23. The van der Waals surface area contributed by atoms with Crippen molar-refractivity contribution < 1.29 is 13.9 Å². The zero-order valence-corrected chi connectivity index (χ0v) is 11.7. The Hall–Kier alpha value is -1.13. The molecule has 0 fully saturated rings. The van der Waals surface area contributed by atoms with Gasteiger partial charge in [-0.3, -0.25) is 0 Å². The van der Waals surface area contributed by atoms with Crippen molar-refractivity contribution in [3.63, 3.8) is 0 Å². The Morgan fingerprint density at radius 1 is 1.33 bits per heavy atom. The number of hydrogen-bond acceptors (Lipinski definition) is 3. The maximum absolute atomic E-state index is 13.6. The van der Waals surface area contributed by atoms with Crippen molar-refractivity contribution in [3.8, 4) is 5.75 Å². The van der Waals surface area contributed by atoms with Crippen LogP contribution in [0.2, 0.25) is 0 Å². The van der Waals surface area contributed by atoms with E-state index in [4.69, 9.17) is 9.47 Å². The molecule has 1 aromatic carbocycles. The summed E-state index contributed by atoms with van der Waals surface area (Å²) >= 11 is 0. The van der Waals surface area contributed by atoms with Gasteiger partial charge in [-0.15, -0.1) is 0 Å². The van der Waals surface area contributed by atoms with Gasteiger partial charge >= 0.3 is 0 Å². The molecule has 4 heteroatoms. The predicted molar refractivity (Wildman–Crippen MR) is 70.5 cm³/mol. The number of halogens is 1. The molecule has 1 aromatic rings. The Balaban J connectivity index is 2.79. The molecule has 0 bridgehead atoms. The number of ether oxygens (including phenoxy) is 2. The number of rotatable bonds is 5. The van der Waals surface area contributed by atoms with Crippen molar-refractivity contribution >= 4 is 0 Å². The minimum absolute atomic E-state index is 0.0374. The molecule has 1 atom stereocenters. The maximum Gasteiger partial charge on any atom is 0.165 e. The van der Waals surface area contributed by atoms with Crippen LogP contribution in [0.1, 0.15) is 32.4 Å². The number of methoxy groups -OCH3 is 1. The minimum Gasteiger partial charge on any atom is -0.494 e. The highest BCUT2D eigenvalue weighted by molar-refractivity contribution is 5.31. The van der Waals surface area contributed by atoms with Crippen LogP contribution in [0.4, 0.5) is 4.39 Å². The fourth-order valence-corrected chi connectivity index (χ4v) is 1.58. The van der Waals surface area contributed by atoms with Crippen LogP contribution in [-0.4, -0.2) is 26.4 Å². The summed E-state index contributed by atoms with van der Waals surface area (Å²) in [5.41, 5.74) is 0.639. The van der Waals surface area contributed by atoms with Crippen LogP contribution >= 0.6 is 0 Å². The third-order valence-electron chi connectivity index (χ3n) is 2.61. The van der Waals surface area contributed by atoms with Gasteiger partial charge < -0.3 is 14.8 Å². The van der Waals surface area contributed by atoms with E-state index in [1.807, 2.05) is 33.9 Å². The number of benzene rings is 1. The summed E-state index contributed by atoms with van der Waals surface area (Å²) in [6, 6.07) is 4.91. The molecule has 0 amide bonds. The van der Waals surface area contributed by atoms with E-state index in [1.54, 1.807) is 6.07 Å². The van der Waals surface area contributed by atoms with E-state index < -0.39 is 0 Å². The highest BCUT2D eigenvalue weighted by atomic mass is 19.1. The zero-order valence-electron chi connectivity index (χ0n) is 11.7. The normalized spacial score (nSPS) is 13.4. The SMILES string of the molecule is CNC(COC(C)(C)C)c1ccc(OC)c(F)c1. The zero-order chi connectivity index (χ0) is 13.8. The minimum atomic E-state index is -0.356. The molecule has 0 aliphatic rings. The first-order valence-corrected chi connectivity index (χ1v) is 6.02. The standard InChI is InChI=1S/C14H22FNO2/c1-14(2,3)18-9-12(16-4)10-6-7-13(17-5)11(15)8-10/h6-8,12,16H,9H2,1-5H3. The topological polar surface area (TPSA) is 30.5 Å². The average molecular weight is 255 g/mol. The lowest BCUT2D eigenvalue weighted by Gasteiger charge is -2.24. The van der Waals surface area contributed by atoms with Gasteiger partial charge in [0.15, 0.2) is 11.6 Å². The van der Waals surface area contributed by atoms with E-state index in [1.165, 1.54) is 13.2 Å². The van der Waals surface area contributed by atoms with Crippen LogP contribution in [0.15, 0.2) is 18.2 Å². The summed E-state index contributed by atoms with van der Waals surface area (Å²) in [4.78, 5) is 0. The molecule has 102 valence electrons. The van der Waals surface area contributed by atoms with E-state index in [-0.39, 0.29) is 23.2 Å². The maximum atomic E-state index is 13.6. The molecule has 0 saturated heterocycles. The monoisotopic (exact) mass is 255 g/mol. The second-order valence-corrected chi connectivity index (χ2v) is 5.16. The predicted octanol–water partition coefficient (Wildman–Crippen LogP) is 2.91. The van der Waals surface area contributed by atoms with Crippen LogP contribution < -0.4 is 10.1 Å². The molecule has 18 heavy (non-hydrogen) atoms. The van der Waals surface area contributed by atoms with E-state index in [2.05, 4.69) is 5.32 Å². The van der Waals surface area contributed by atoms with Crippen LogP contribution in [0.5, 0.6) is 5.75 Å². The van der Waals surface area contributed by atoms with Crippen molar-refractivity contribution in [2.45, 2.75) is 32.4 Å². The van der Waals surface area contributed by atoms with Crippen molar-refractivity contribution in [2.75, 3.05) is 20.8 Å². The summed E-state index contributed by atoms with van der Waals surface area (Å²) < 4.78 is 24.2. The molecular formula is C14H22FNO2. The molecule has 1 unspecified atom stereocenters. The molecule has 0 saturated carbocycles. The van der Waals surface area contributed by atoms with Gasteiger partial charge in [0, 0.05) is 0 Å². The molecule has 0 aromatic heterocycles. The van der Waals surface area contributed by atoms with Gasteiger partial charge in [-0.1, -0.05) is 6.07 Å². The Kier molecular flexibility index (Phi) is 5.11. The van der Waals surface area contributed by atoms with Crippen molar-refractivity contribution in [3.05, 3.63) is 29.6 Å². The fraction of sp³-hybridized carbons (Fsp3) is 0.571. The van der Waals surface area contributed by atoms with Crippen molar-refractivity contribution in [1.82, 2.24) is 5.32 Å². The Morgan fingerprint density at radius 3 is 2.44 bits per heavy atom. The van der Waals surface area contributed by atoms with Gasteiger partial charge in [-0.25, -0.2) is 4.39 Å². The largest absolute Gasteiger partial charge is 0.494 e. The van der Waals surface area contributed by atoms with Gasteiger partial charge in [0.25, 0.3) is 0 Å². The van der Waals surface area contributed by atoms with Gasteiger partial charge in [0.1, 0.15) is 0 Å². The summed E-state index contributed by atoms with van der Waals surface area (Å²) in [6.07, 6.45) is 0. The lowest BCUT2D eigenvalue weighted by molar-refractivity contribution is -0.0139. The molecule has 0 heterocycles. The molecular weight excluding hydrogens is 233 g/mol. The molecule has 1 rings (SSSR count). The van der Waals surface area contributed by atoms with Crippen LogP contribution in [0.25, 0.3) is 0 Å². The second kappa shape index (κ2) is 6.16. The van der Waals surface area contributed by atoms with Crippen LogP contribution in [-0.2, 0) is 4.74 Å². The molecule has 1 N–H and O–H groups in total.